The van der Waals surface area contributed by atoms with Gasteiger partial charge in [-0.2, -0.15) is 0 Å². The second-order valence-electron chi connectivity index (χ2n) is 15.8. The summed E-state index contributed by atoms with van der Waals surface area (Å²) < 4.78 is 7.11. The van der Waals surface area contributed by atoms with Gasteiger partial charge in [-0.3, -0.25) is 4.57 Å². The van der Waals surface area contributed by atoms with E-state index < -0.39 is 0 Å². The summed E-state index contributed by atoms with van der Waals surface area (Å²) in [5.41, 5.74) is 12.9. The SMILES string of the molecule is c1ccc(-c2cc(-c3ccccc3)nc(-n3c4ccccc4c4ccc(-n5c6ccccc6c6c7c8ccccc8n(-c8ccc9ccccc9c8)c7ccc65)cc43)n2)cc1. The Bertz CT molecular complexity index is 3810. The van der Waals surface area contributed by atoms with Crippen LogP contribution in [0.2, 0.25) is 0 Å². The van der Waals surface area contributed by atoms with Crippen LogP contribution >= 0.6 is 0 Å². The predicted molar refractivity (Wildman–Crippen MR) is 253 cm³/mol. The molecule has 0 amide bonds. The highest BCUT2D eigenvalue weighted by atomic mass is 15.2. The van der Waals surface area contributed by atoms with Crippen LogP contribution in [0.4, 0.5) is 0 Å². The van der Waals surface area contributed by atoms with E-state index in [0.29, 0.717) is 5.95 Å². The molecule has 13 rings (SSSR count). The molecule has 4 aromatic heterocycles. The van der Waals surface area contributed by atoms with E-state index in [4.69, 9.17) is 9.97 Å². The average molecular weight is 778 g/mol. The fourth-order valence-electron chi connectivity index (χ4n) is 9.75. The second kappa shape index (κ2) is 13.1. The van der Waals surface area contributed by atoms with Gasteiger partial charge in [-0.1, -0.05) is 152 Å². The molecule has 5 nitrogen and oxygen atoms in total. The Balaban J connectivity index is 1.09. The van der Waals surface area contributed by atoms with Crippen LogP contribution in [0.5, 0.6) is 0 Å². The summed E-state index contributed by atoms with van der Waals surface area (Å²) in [6, 6.07) is 76.0. The maximum absolute atomic E-state index is 5.31. The Morgan fingerprint density at radius 1 is 0.279 bits per heavy atom. The quantitative estimate of drug-likeness (QED) is 0.175. The molecule has 0 aliphatic rings. The van der Waals surface area contributed by atoms with E-state index >= 15 is 0 Å². The molecule has 0 unspecified atom stereocenters. The van der Waals surface area contributed by atoms with E-state index in [2.05, 4.69) is 214 Å². The highest BCUT2D eigenvalue weighted by Crippen LogP contribution is 2.43. The number of nitrogens with zero attached hydrogens (tertiary/aromatic N) is 5. The lowest BCUT2D eigenvalue weighted by molar-refractivity contribution is 0.994. The molecule has 4 heterocycles. The average Bonchev–Trinajstić information content (AvgIpc) is 3.97. The molecule has 5 heteroatoms. The van der Waals surface area contributed by atoms with Gasteiger partial charge in [-0.15, -0.1) is 0 Å². The Morgan fingerprint density at radius 3 is 1.34 bits per heavy atom. The van der Waals surface area contributed by atoms with Gasteiger partial charge in [0.25, 0.3) is 0 Å². The van der Waals surface area contributed by atoms with Gasteiger partial charge >= 0.3 is 0 Å². The molecule has 0 fully saturated rings. The summed E-state index contributed by atoms with van der Waals surface area (Å²) >= 11 is 0. The molecule has 13 aromatic rings. The van der Waals surface area contributed by atoms with Crippen LogP contribution in [-0.2, 0) is 0 Å². The molecule has 284 valence electrons. The highest BCUT2D eigenvalue weighted by Gasteiger charge is 2.22. The molecular weight excluding hydrogens is 743 g/mol. The van der Waals surface area contributed by atoms with Gasteiger partial charge < -0.3 is 9.13 Å². The number of benzene rings is 9. The Labute approximate surface area is 350 Å². The third kappa shape index (κ3) is 5.08. The first kappa shape index (κ1) is 33.7. The van der Waals surface area contributed by atoms with Crippen molar-refractivity contribution in [2.24, 2.45) is 0 Å². The van der Waals surface area contributed by atoms with Crippen molar-refractivity contribution in [1.29, 1.82) is 0 Å². The van der Waals surface area contributed by atoms with Crippen LogP contribution in [0, 0.1) is 0 Å². The fraction of sp³-hybridized carbons (Fsp3) is 0. The molecule has 0 radical (unpaired) electrons. The Hall–Kier alpha value is -8.28. The van der Waals surface area contributed by atoms with Crippen molar-refractivity contribution in [3.63, 3.8) is 0 Å². The van der Waals surface area contributed by atoms with Gasteiger partial charge in [0.05, 0.1) is 44.5 Å². The number of para-hydroxylation sites is 3. The van der Waals surface area contributed by atoms with Crippen LogP contribution in [-0.4, -0.2) is 23.7 Å². The van der Waals surface area contributed by atoms with Crippen molar-refractivity contribution >= 4 is 76.2 Å². The summed E-state index contributed by atoms with van der Waals surface area (Å²) in [5.74, 6) is 0.633. The predicted octanol–water partition coefficient (Wildman–Crippen LogP) is 14.3. The molecule has 61 heavy (non-hydrogen) atoms. The summed E-state index contributed by atoms with van der Waals surface area (Å²) in [5, 5.41) is 9.73. The minimum atomic E-state index is 0.633. The molecule has 0 aliphatic carbocycles. The van der Waals surface area contributed by atoms with E-state index in [-0.39, 0.29) is 0 Å². The van der Waals surface area contributed by atoms with Crippen LogP contribution < -0.4 is 0 Å². The first-order chi connectivity index (χ1) is 30.3. The molecule has 0 aliphatic heterocycles. The van der Waals surface area contributed by atoms with Crippen molar-refractivity contribution in [2.45, 2.75) is 0 Å². The Kier molecular flexibility index (Phi) is 7.24. The highest BCUT2D eigenvalue weighted by molar-refractivity contribution is 6.29. The lowest BCUT2D eigenvalue weighted by Crippen LogP contribution is -2.04. The maximum Gasteiger partial charge on any atom is 0.235 e. The van der Waals surface area contributed by atoms with Gasteiger partial charge in [-0.25, -0.2) is 9.97 Å². The topological polar surface area (TPSA) is 40.6 Å². The van der Waals surface area contributed by atoms with Crippen molar-refractivity contribution in [3.8, 4) is 39.8 Å². The molecule has 0 atom stereocenters. The first-order valence-electron chi connectivity index (χ1n) is 20.8. The third-order valence-corrected chi connectivity index (χ3v) is 12.4. The number of aromatic nitrogens is 5. The summed E-state index contributed by atoms with van der Waals surface area (Å²) in [6.45, 7) is 0. The maximum atomic E-state index is 5.31. The van der Waals surface area contributed by atoms with E-state index in [0.717, 1.165) is 66.7 Å². The molecule has 0 bridgehead atoms. The standard InChI is InChI=1S/C56H35N5/c1-3-16-37(17-4-1)46-35-47(38-18-5-2-6-19-38)58-56(57-46)61-48-24-12-9-21-42(48)43-30-29-41(34-53(43)61)60-50-26-14-11-23-45(50)55-52(60)32-31-51-54(55)44-22-10-13-25-49(44)59(51)40-28-27-36-15-7-8-20-39(36)33-40/h1-35H. The monoisotopic (exact) mass is 777 g/mol. The van der Waals surface area contributed by atoms with Gasteiger partial charge in [-0.05, 0) is 71.4 Å². The van der Waals surface area contributed by atoms with Crippen molar-refractivity contribution < 1.29 is 0 Å². The van der Waals surface area contributed by atoms with Crippen molar-refractivity contribution in [3.05, 3.63) is 212 Å². The largest absolute Gasteiger partial charge is 0.309 e. The normalized spacial score (nSPS) is 11.9. The smallest absolute Gasteiger partial charge is 0.235 e. The molecular formula is C56H35N5. The van der Waals surface area contributed by atoms with Crippen LogP contribution in [0.25, 0.3) is 116 Å². The summed E-state index contributed by atoms with van der Waals surface area (Å²) in [7, 11) is 0. The second-order valence-corrected chi connectivity index (χ2v) is 15.8. The van der Waals surface area contributed by atoms with Crippen LogP contribution in [0.3, 0.4) is 0 Å². The van der Waals surface area contributed by atoms with Gasteiger partial charge in [0, 0.05) is 54.8 Å². The van der Waals surface area contributed by atoms with E-state index in [1.54, 1.807) is 0 Å². The Morgan fingerprint density at radius 2 is 0.738 bits per heavy atom. The number of hydrogen-bond acceptors (Lipinski definition) is 2. The van der Waals surface area contributed by atoms with Crippen molar-refractivity contribution in [1.82, 2.24) is 23.7 Å². The number of rotatable bonds is 5. The zero-order chi connectivity index (χ0) is 40.0. The van der Waals surface area contributed by atoms with Gasteiger partial charge in [0.15, 0.2) is 0 Å². The lowest BCUT2D eigenvalue weighted by atomic mass is 10.1. The van der Waals surface area contributed by atoms with Crippen molar-refractivity contribution in [2.75, 3.05) is 0 Å². The zero-order valence-corrected chi connectivity index (χ0v) is 32.9. The van der Waals surface area contributed by atoms with Gasteiger partial charge in [0.1, 0.15) is 0 Å². The number of hydrogen-bond donors (Lipinski definition) is 0. The molecule has 9 aromatic carbocycles. The molecule has 0 saturated carbocycles. The van der Waals surface area contributed by atoms with E-state index in [1.165, 1.54) is 43.4 Å². The molecule has 0 saturated heterocycles. The minimum absolute atomic E-state index is 0.633. The lowest BCUT2D eigenvalue weighted by Gasteiger charge is -2.13. The van der Waals surface area contributed by atoms with Gasteiger partial charge in [0.2, 0.25) is 5.95 Å². The molecule has 0 N–H and O–H groups in total. The zero-order valence-electron chi connectivity index (χ0n) is 32.9. The molecule has 0 spiro atoms. The van der Waals surface area contributed by atoms with E-state index in [9.17, 15) is 0 Å². The third-order valence-electron chi connectivity index (χ3n) is 12.4. The summed E-state index contributed by atoms with van der Waals surface area (Å²) in [4.78, 5) is 10.6. The van der Waals surface area contributed by atoms with Crippen LogP contribution in [0.1, 0.15) is 0 Å². The minimum Gasteiger partial charge on any atom is -0.309 e. The number of fused-ring (bicyclic) bond motifs is 11. The fourth-order valence-corrected chi connectivity index (χ4v) is 9.75. The first-order valence-corrected chi connectivity index (χ1v) is 20.8. The van der Waals surface area contributed by atoms with E-state index in [1.807, 2.05) is 12.1 Å². The van der Waals surface area contributed by atoms with Crippen LogP contribution in [0.15, 0.2) is 212 Å². The summed E-state index contributed by atoms with van der Waals surface area (Å²) in [6.07, 6.45) is 0.